The van der Waals surface area contributed by atoms with E-state index in [1.54, 1.807) is 6.08 Å². The molecule has 0 bridgehead atoms. The minimum absolute atomic E-state index is 1.00. The minimum Gasteiger partial charge on any atom is -0.516 e. The van der Waals surface area contributed by atoms with Crippen LogP contribution in [0.5, 0.6) is 0 Å². The van der Waals surface area contributed by atoms with E-state index in [1.807, 2.05) is 0 Å². The molecule has 0 fully saturated rings. The molecule has 0 aliphatic heterocycles. The van der Waals surface area contributed by atoms with Crippen molar-refractivity contribution in [2.45, 2.75) is 25.7 Å². The van der Waals surface area contributed by atoms with Crippen molar-refractivity contribution < 1.29 is 5.11 Å². The predicted molar refractivity (Wildman–Crippen MR) is 44.0 cm³/mol. The van der Waals surface area contributed by atoms with Gasteiger partial charge in [0.25, 0.3) is 0 Å². The molecule has 0 amide bonds. The maximum absolute atomic E-state index is 8.23. The normalized spacial score (nSPS) is 10.8. The number of aliphatic hydroxyl groups is 1. The van der Waals surface area contributed by atoms with Crippen LogP contribution in [0.25, 0.3) is 0 Å². The highest BCUT2D eigenvalue weighted by molar-refractivity contribution is 9.09. The van der Waals surface area contributed by atoms with Crippen LogP contribution in [0.15, 0.2) is 12.3 Å². The monoisotopic (exact) mass is 192 g/mol. The zero-order valence-corrected chi connectivity index (χ0v) is 7.10. The van der Waals surface area contributed by atoms with Gasteiger partial charge in [0, 0.05) is 5.33 Å². The van der Waals surface area contributed by atoms with Crippen LogP contribution in [0.1, 0.15) is 25.7 Å². The number of alkyl halides is 1. The van der Waals surface area contributed by atoms with Gasteiger partial charge in [-0.25, -0.2) is 0 Å². The van der Waals surface area contributed by atoms with Gasteiger partial charge in [-0.05, 0) is 19.3 Å². The fourth-order valence-electron chi connectivity index (χ4n) is 0.608. The van der Waals surface area contributed by atoms with E-state index in [0.717, 1.165) is 18.0 Å². The lowest BCUT2D eigenvalue weighted by Gasteiger charge is -1.91. The first-order chi connectivity index (χ1) is 4.41. The van der Waals surface area contributed by atoms with Gasteiger partial charge in [-0.2, -0.15) is 0 Å². The number of aliphatic hydroxyl groups excluding tert-OH is 1. The van der Waals surface area contributed by atoms with E-state index in [9.17, 15) is 0 Å². The van der Waals surface area contributed by atoms with Crippen LogP contribution in [-0.2, 0) is 0 Å². The zero-order chi connectivity index (χ0) is 6.95. The summed E-state index contributed by atoms with van der Waals surface area (Å²) in [6.45, 7) is 0. The first-order valence-corrected chi connectivity index (χ1v) is 4.39. The van der Waals surface area contributed by atoms with E-state index in [1.165, 1.54) is 19.3 Å². The molecule has 0 aliphatic carbocycles. The van der Waals surface area contributed by atoms with E-state index in [2.05, 4.69) is 15.9 Å². The third-order valence-corrected chi connectivity index (χ3v) is 1.67. The number of hydrogen-bond acceptors (Lipinski definition) is 1. The number of hydrogen-bond donors (Lipinski definition) is 1. The van der Waals surface area contributed by atoms with Crippen molar-refractivity contribution in [1.82, 2.24) is 0 Å². The Morgan fingerprint density at radius 2 is 2.00 bits per heavy atom. The molecule has 1 nitrogen and oxygen atoms in total. The average Bonchev–Trinajstić information content (AvgIpc) is 1.89. The second-order valence-corrected chi connectivity index (χ2v) is 2.72. The highest BCUT2D eigenvalue weighted by atomic mass is 79.9. The van der Waals surface area contributed by atoms with E-state index in [-0.39, 0.29) is 0 Å². The number of allylic oxidation sites excluding steroid dienone is 1. The molecule has 0 aliphatic rings. The third-order valence-electron chi connectivity index (χ3n) is 1.11. The first-order valence-electron chi connectivity index (χ1n) is 3.27. The summed E-state index contributed by atoms with van der Waals surface area (Å²) >= 11 is 3.35. The number of rotatable bonds is 5. The SMILES string of the molecule is OC=CCCCCCBr. The Balaban J connectivity index is 2.75. The smallest absolute Gasteiger partial charge is 0.0751 e. The summed E-state index contributed by atoms with van der Waals surface area (Å²) in [5.41, 5.74) is 0. The summed E-state index contributed by atoms with van der Waals surface area (Å²) in [6, 6.07) is 0. The lowest BCUT2D eigenvalue weighted by Crippen LogP contribution is -1.75. The van der Waals surface area contributed by atoms with Crippen LogP contribution in [0.3, 0.4) is 0 Å². The van der Waals surface area contributed by atoms with Crippen LogP contribution in [-0.4, -0.2) is 10.4 Å². The maximum Gasteiger partial charge on any atom is 0.0751 e. The standard InChI is InChI=1S/C7H13BrO/c8-6-4-2-1-3-5-7-9/h5,7,9H,1-4,6H2. The van der Waals surface area contributed by atoms with Gasteiger partial charge in [0.2, 0.25) is 0 Å². The molecule has 0 saturated carbocycles. The summed E-state index contributed by atoms with van der Waals surface area (Å²) in [5, 5.41) is 9.33. The Bertz CT molecular complexity index is 71.3. The predicted octanol–water partition coefficient (Wildman–Crippen LogP) is 3.01. The van der Waals surface area contributed by atoms with Crippen LogP contribution < -0.4 is 0 Å². The topological polar surface area (TPSA) is 20.2 Å². The summed E-state index contributed by atoms with van der Waals surface area (Å²) in [5.74, 6) is 0. The Kier molecular flexibility index (Phi) is 8.04. The highest BCUT2D eigenvalue weighted by Crippen LogP contribution is 2.01. The quantitative estimate of drug-likeness (QED) is 0.404. The molecule has 0 radical (unpaired) electrons. The molecular formula is C7H13BrO. The molecule has 0 spiro atoms. The van der Waals surface area contributed by atoms with Gasteiger partial charge in [0.1, 0.15) is 0 Å². The van der Waals surface area contributed by atoms with E-state index < -0.39 is 0 Å². The lowest BCUT2D eigenvalue weighted by atomic mass is 10.2. The summed E-state index contributed by atoms with van der Waals surface area (Å²) in [4.78, 5) is 0. The number of halogens is 1. The molecule has 0 unspecified atom stereocenters. The van der Waals surface area contributed by atoms with Crippen molar-refractivity contribution in [3.8, 4) is 0 Å². The minimum atomic E-state index is 1.00. The van der Waals surface area contributed by atoms with E-state index in [0.29, 0.717) is 0 Å². The van der Waals surface area contributed by atoms with Gasteiger partial charge >= 0.3 is 0 Å². The molecule has 54 valence electrons. The summed E-state index contributed by atoms with van der Waals surface area (Å²) in [7, 11) is 0. The van der Waals surface area contributed by atoms with Gasteiger partial charge in [0.05, 0.1) is 6.26 Å². The fraction of sp³-hybridized carbons (Fsp3) is 0.714. The second-order valence-electron chi connectivity index (χ2n) is 1.92. The maximum atomic E-state index is 8.23. The van der Waals surface area contributed by atoms with Crippen molar-refractivity contribution in [3.05, 3.63) is 12.3 Å². The Morgan fingerprint density at radius 3 is 2.56 bits per heavy atom. The Hall–Kier alpha value is 0.0200. The van der Waals surface area contributed by atoms with Crippen molar-refractivity contribution in [2.24, 2.45) is 0 Å². The average molecular weight is 193 g/mol. The van der Waals surface area contributed by atoms with Gasteiger partial charge in [-0.1, -0.05) is 28.4 Å². The molecule has 9 heavy (non-hydrogen) atoms. The first kappa shape index (κ1) is 9.02. The Labute approximate surface area is 64.9 Å². The van der Waals surface area contributed by atoms with Crippen molar-refractivity contribution in [1.29, 1.82) is 0 Å². The molecule has 0 aromatic heterocycles. The molecular weight excluding hydrogens is 180 g/mol. The van der Waals surface area contributed by atoms with E-state index >= 15 is 0 Å². The summed E-state index contributed by atoms with van der Waals surface area (Å²) in [6.07, 6.45) is 7.57. The van der Waals surface area contributed by atoms with Gasteiger partial charge in [-0.15, -0.1) is 0 Å². The van der Waals surface area contributed by atoms with Gasteiger partial charge < -0.3 is 5.11 Å². The molecule has 0 aromatic rings. The fourth-order valence-corrected chi connectivity index (χ4v) is 1.00. The second kappa shape index (κ2) is 8.02. The van der Waals surface area contributed by atoms with Crippen molar-refractivity contribution in [3.63, 3.8) is 0 Å². The van der Waals surface area contributed by atoms with Gasteiger partial charge in [-0.3, -0.25) is 0 Å². The molecule has 0 aromatic carbocycles. The van der Waals surface area contributed by atoms with Crippen LogP contribution in [0, 0.1) is 0 Å². The molecule has 0 heterocycles. The van der Waals surface area contributed by atoms with Gasteiger partial charge in [0.15, 0.2) is 0 Å². The third kappa shape index (κ3) is 8.02. The van der Waals surface area contributed by atoms with E-state index in [4.69, 9.17) is 5.11 Å². The molecule has 0 atom stereocenters. The number of unbranched alkanes of at least 4 members (excludes halogenated alkanes) is 3. The van der Waals surface area contributed by atoms with Crippen molar-refractivity contribution in [2.75, 3.05) is 5.33 Å². The lowest BCUT2D eigenvalue weighted by molar-refractivity contribution is 0.470. The Morgan fingerprint density at radius 1 is 1.22 bits per heavy atom. The zero-order valence-electron chi connectivity index (χ0n) is 5.52. The van der Waals surface area contributed by atoms with Crippen LogP contribution >= 0.6 is 15.9 Å². The molecule has 0 rings (SSSR count). The van der Waals surface area contributed by atoms with Crippen LogP contribution in [0.4, 0.5) is 0 Å². The molecule has 1 N–H and O–H groups in total. The highest BCUT2D eigenvalue weighted by Gasteiger charge is 1.83. The largest absolute Gasteiger partial charge is 0.516 e. The summed E-state index contributed by atoms with van der Waals surface area (Å²) < 4.78 is 0. The molecule has 0 saturated heterocycles. The van der Waals surface area contributed by atoms with Crippen LogP contribution in [0.2, 0.25) is 0 Å². The van der Waals surface area contributed by atoms with Crippen molar-refractivity contribution >= 4 is 15.9 Å². The molecule has 2 heteroatoms.